The van der Waals surface area contributed by atoms with Gasteiger partial charge in [-0.2, -0.15) is 4.31 Å². The third-order valence-electron chi connectivity index (χ3n) is 3.96. The Labute approximate surface area is 122 Å². The number of hydrogen-bond donors (Lipinski definition) is 0. The van der Waals surface area contributed by atoms with Crippen LogP contribution < -0.4 is 0 Å². The molecule has 2 heterocycles. The van der Waals surface area contributed by atoms with Crippen LogP contribution in [0, 0.1) is 0 Å². The molecule has 118 valence electrons. The minimum absolute atomic E-state index is 0.187. The highest BCUT2D eigenvalue weighted by molar-refractivity contribution is 7.89. The molecule has 1 atom stereocenters. The SMILES string of the molecule is COCCCS(=O)(=O)N1CCN(C[C@H]2CCCO2)CC1. The molecule has 0 amide bonds. The van der Waals surface area contributed by atoms with Gasteiger partial charge in [-0.15, -0.1) is 0 Å². The monoisotopic (exact) mass is 306 g/mol. The van der Waals surface area contributed by atoms with E-state index in [0.717, 1.165) is 39.1 Å². The van der Waals surface area contributed by atoms with Gasteiger partial charge in [0.25, 0.3) is 0 Å². The first-order valence-corrected chi connectivity index (χ1v) is 9.03. The molecule has 0 saturated carbocycles. The average Bonchev–Trinajstić information content (AvgIpc) is 2.92. The van der Waals surface area contributed by atoms with Gasteiger partial charge in [-0.3, -0.25) is 4.90 Å². The largest absolute Gasteiger partial charge is 0.385 e. The van der Waals surface area contributed by atoms with Gasteiger partial charge in [0, 0.05) is 53.0 Å². The zero-order valence-electron chi connectivity index (χ0n) is 12.3. The molecule has 0 radical (unpaired) electrons. The Kier molecular flexibility index (Phi) is 6.22. The van der Waals surface area contributed by atoms with Crippen molar-refractivity contribution >= 4 is 10.0 Å². The molecule has 2 aliphatic rings. The summed E-state index contributed by atoms with van der Waals surface area (Å²) in [4.78, 5) is 2.32. The third-order valence-corrected chi connectivity index (χ3v) is 5.92. The van der Waals surface area contributed by atoms with E-state index in [1.165, 1.54) is 0 Å². The highest BCUT2D eigenvalue weighted by atomic mass is 32.2. The molecule has 6 nitrogen and oxygen atoms in total. The van der Waals surface area contributed by atoms with Gasteiger partial charge in [0.15, 0.2) is 0 Å². The van der Waals surface area contributed by atoms with Crippen LogP contribution in [-0.2, 0) is 19.5 Å². The Morgan fingerprint density at radius 2 is 2.00 bits per heavy atom. The number of ether oxygens (including phenoxy) is 2. The molecule has 2 fully saturated rings. The molecule has 2 rings (SSSR count). The summed E-state index contributed by atoms with van der Waals surface area (Å²) in [5.74, 6) is 0.187. The number of sulfonamides is 1. The second-order valence-corrected chi connectivity index (χ2v) is 7.59. The van der Waals surface area contributed by atoms with Crippen molar-refractivity contribution in [1.82, 2.24) is 9.21 Å². The van der Waals surface area contributed by atoms with Crippen LogP contribution >= 0.6 is 0 Å². The van der Waals surface area contributed by atoms with E-state index in [1.807, 2.05) is 0 Å². The van der Waals surface area contributed by atoms with Gasteiger partial charge in [0.1, 0.15) is 0 Å². The molecule has 7 heteroatoms. The Bertz CT molecular complexity index is 374. The summed E-state index contributed by atoms with van der Waals surface area (Å²) in [6, 6.07) is 0. The van der Waals surface area contributed by atoms with Gasteiger partial charge >= 0.3 is 0 Å². The molecule has 0 unspecified atom stereocenters. The van der Waals surface area contributed by atoms with E-state index in [1.54, 1.807) is 11.4 Å². The van der Waals surface area contributed by atoms with E-state index < -0.39 is 10.0 Å². The maximum Gasteiger partial charge on any atom is 0.214 e. The van der Waals surface area contributed by atoms with E-state index in [-0.39, 0.29) is 5.75 Å². The van der Waals surface area contributed by atoms with Crippen molar-refractivity contribution in [2.24, 2.45) is 0 Å². The second kappa shape index (κ2) is 7.70. The Balaban J connectivity index is 1.72. The molecule has 0 spiro atoms. The first kappa shape index (κ1) is 16.2. The number of hydrogen-bond acceptors (Lipinski definition) is 5. The van der Waals surface area contributed by atoms with Crippen LogP contribution in [0.3, 0.4) is 0 Å². The lowest BCUT2D eigenvalue weighted by molar-refractivity contribution is 0.0617. The standard InChI is InChI=1S/C13H26N2O4S/c1-18-9-3-11-20(16,17)15-7-5-14(6-8-15)12-13-4-2-10-19-13/h13H,2-12H2,1H3/t13-/m1/s1. The van der Waals surface area contributed by atoms with Gasteiger partial charge in [-0.25, -0.2) is 8.42 Å². The number of piperazine rings is 1. The molecule has 0 N–H and O–H groups in total. The summed E-state index contributed by atoms with van der Waals surface area (Å²) in [5, 5.41) is 0. The van der Waals surface area contributed by atoms with Gasteiger partial charge in [-0.05, 0) is 19.3 Å². The molecule has 2 aliphatic heterocycles. The lowest BCUT2D eigenvalue weighted by Gasteiger charge is -2.35. The summed E-state index contributed by atoms with van der Waals surface area (Å²) in [7, 11) is -1.52. The predicted octanol–water partition coefficient (Wildman–Crippen LogP) is 0.149. The molecular weight excluding hydrogens is 280 g/mol. The summed E-state index contributed by atoms with van der Waals surface area (Å²) < 4.78 is 36.4. The van der Waals surface area contributed by atoms with Crippen LogP contribution in [0.25, 0.3) is 0 Å². The Morgan fingerprint density at radius 3 is 2.60 bits per heavy atom. The van der Waals surface area contributed by atoms with E-state index in [4.69, 9.17) is 9.47 Å². The van der Waals surface area contributed by atoms with Gasteiger partial charge in [0.05, 0.1) is 11.9 Å². The Hall–Kier alpha value is -0.210. The van der Waals surface area contributed by atoms with Crippen molar-refractivity contribution in [3.63, 3.8) is 0 Å². The average molecular weight is 306 g/mol. The van der Waals surface area contributed by atoms with Crippen LogP contribution in [0.1, 0.15) is 19.3 Å². The van der Waals surface area contributed by atoms with Gasteiger partial charge in [0.2, 0.25) is 10.0 Å². The van der Waals surface area contributed by atoms with Gasteiger partial charge < -0.3 is 9.47 Å². The zero-order valence-corrected chi connectivity index (χ0v) is 13.1. The first-order valence-electron chi connectivity index (χ1n) is 7.42. The molecule has 0 bridgehead atoms. The van der Waals surface area contributed by atoms with Crippen LogP contribution in [0.15, 0.2) is 0 Å². The first-order chi connectivity index (χ1) is 9.62. The van der Waals surface area contributed by atoms with Crippen molar-refractivity contribution in [3.05, 3.63) is 0 Å². The highest BCUT2D eigenvalue weighted by Crippen LogP contribution is 2.15. The topological polar surface area (TPSA) is 59.1 Å². The van der Waals surface area contributed by atoms with E-state index in [2.05, 4.69) is 4.90 Å². The minimum atomic E-state index is -3.11. The number of nitrogens with zero attached hydrogens (tertiary/aromatic N) is 2. The van der Waals surface area contributed by atoms with Crippen molar-refractivity contribution in [1.29, 1.82) is 0 Å². The van der Waals surface area contributed by atoms with Crippen LogP contribution in [0.4, 0.5) is 0 Å². The number of methoxy groups -OCH3 is 1. The predicted molar refractivity (Wildman–Crippen MR) is 77.3 cm³/mol. The second-order valence-electron chi connectivity index (χ2n) is 5.50. The van der Waals surface area contributed by atoms with Crippen LogP contribution in [0.5, 0.6) is 0 Å². The van der Waals surface area contributed by atoms with Crippen molar-refractivity contribution < 1.29 is 17.9 Å². The maximum absolute atomic E-state index is 12.1. The van der Waals surface area contributed by atoms with E-state index in [9.17, 15) is 8.42 Å². The highest BCUT2D eigenvalue weighted by Gasteiger charge is 2.28. The molecule has 0 aromatic heterocycles. The molecule has 20 heavy (non-hydrogen) atoms. The molecule has 0 aromatic carbocycles. The Morgan fingerprint density at radius 1 is 1.25 bits per heavy atom. The molecule has 2 saturated heterocycles. The number of rotatable bonds is 7. The summed E-state index contributed by atoms with van der Waals surface area (Å²) in [6.45, 7) is 5.13. The summed E-state index contributed by atoms with van der Waals surface area (Å²) in [6.07, 6.45) is 3.20. The molecule has 0 aliphatic carbocycles. The normalized spacial score (nSPS) is 26.1. The van der Waals surface area contributed by atoms with E-state index >= 15 is 0 Å². The zero-order chi connectivity index (χ0) is 14.4. The lowest BCUT2D eigenvalue weighted by atomic mass is 10.2. The molecule has 0 aromatic rings. The van der Waals surface area contributed by atoms with Crippen LogP contribution in [-0.4, -0.2) is 82.5 Å². The summed E-state index contributed by atoms with van der Waals surface area (Å²) in [5.41, 5.74) is 0. The van der Waals surface area contributed by atoms with Crippen molar-refractivity contribution in [3.8, 4) is 0 Å². The van der Waals surface area contributed by atoms with E-state index in [0.29, 0.717) is 32.2 Å². The third kappa shape index (κ3) is 4.66. The fraction of sp³-hybridized carbons (Fsp3) is 1.00. The van der Waals surface area contributed by atoms with Crippen molar-refractivity contribution in [2.45, 2.75) is 25.4 Å². The van der Waals surface area contributed by atoms with Gasteiger partial charge in [-0.1, -0.05) is 0 Å². The quantitative estimate of drug-likeness (QED) is 0.627. The fourth-order valence-electron chi connectivity index (χ4n) is 2.78. The summed E-state index contributed by atoms with van der Waals surface area (Å²) >= 11 is 0. The van der Waals surface area contributed by atoms with Crippen LogP contribution in [0.2, 0.25) is 0 Å². The molecular formula is C13H26N2O4S. The smallest absolute Gasteiger partial charge is 0.214 e. The lowest BCUT2D eigenvalue weighted by Crippen LogP contribution is -2.50. The fourth-order valence-corrected chi connectivity index (χ4v) is 4.24. The minimum Gasteiger partial charge on any atom is -0.385 e. The van der Waals surface area contributed by atoms with Crippen molar-refractivity contribution in [2.75, 3.05) is 58.8 Å². The maximum atomic E-state index is 12.1.